The van der Waals surface area contributed by atoms with Crippen LogP contribution in [0.4, 0.5) is 16.2 Å². The van der Waals surface area contributed by atoms with Gasteiger partial charge in [0.2, 0.25) is 5.95 Å². The van der Waals surface area contributed by atoms with E-state index in [1.54, 1.807) is 25.4 Å². The van der Waals surface area contributed by atoms with Crippen molar-refractivity contribution in [2.24, 2.45) is 0 Å². The van der Waals surface area contributed by atoms with E-state index in [-0.39, 0.29) is 5.82 Å². The first-order chi connectivity index (χ1) is 8.69. The summed E-state index contributed by atoms with van der Waals surface area (Å²) in [6.45, 7) is 2.54. The van der Waals surface area contributed by atoms with Crippen molar-refractivity contribution in [1.82, 2.24) is 9.97 Å². The average Bonchev–Trinajstić information content (AvgIpc) is 2.40. The van der Waals surface area contributed by atoms with E-state index in [0.29, 0.717) is 12.5 Å². The Morgan fingerprint density at radius 1 is 1.22 bits per heavy atom. The molecule has 0 aliphatic heterocycles. The molecule has 1 aromatic heterocycles. The molecule has 5 heteroatoms. The highest BCUT2D eigenvalue weighted by Crippen LogP contribution is 2.13. The fourth-order valence-electron chi connectivity index (χ4n) is 1.53. The number of nitrogens with zero attached hydrogens (tertiary/aromatic N) is 2. The summed E-state index contributed by atoms with van der Waals surface area (Å²) in [5.41, 5.74) is 1.97. The molecule has 2 N–H and O–H groups in total. The highest BCUT2D eigenvalue weighted by Gasteiger charge is 2.02. The lowest BCUT2D eigenvalue weighted by Crippen LogP contribution is -2.06. The predicted molar refractivity (Wildman–Crippen MR) is 70.0 cm³/mol. The van der Waals surface area contributed by atoms with E-state index in [4.69, 9.17) is 0 Å². The molecule has 0 aliphatic rings. The third-order valence-corrected chi connectivity index (χ3v) is 2.57. The number of nitrogens with one attached hydrogen (secondary N) is 2. The minimum atomic E-state index is -0.227. The molecule has 0 atom stereocenters. The summed E-state index contributed by atoms with van der Waals surface area (Å²) in [6, 6.07) is 6.39. The number of hydrogen-bond acceptors (Lipinski definition) is 4. The van der Waals surface area contributed by atoms with Crippen LogP contribution in [0.3, 0.4) is 0 Å². The Bertz CT molecular complexity index is 525. The molecule has 0 amide bonds. The van der Waals surface area contributed by atoms with Gasteiger partial charge in [-0.25, -0.2) is 9.37 Å². The maximum Gasteiger partial charge on any atom is 0.224 e. The third-order valence-electron chi connectivity index (χ3n) is 2.57. The topological polar surface area (TPSA) is 49.8 Å². The van der Waals surface area contributed by atoms with Crippen LogP contribution in [0.2, 0.25) is 0 Å². The van der Waals surface area contributed by atoms with Gasteiger partial charge >= 0.3 is 0 Å². The van der Waals surface area contributed by atoms with E-state index < -0.39 is 0 Å². The zero-order chi connectivity index (χ0) is 13.0. The Morgan fingerprint density at radius 2 is 1.94 bits per heavy atom. The molecule has 0 unspecified atom stereocenters. The maximum atomic E-state index is 12.8. The normalized spacial score (nSPS) is 10.2. The number of benzene rings is 1. The number of rotatable bonds is 4. The van der Waals surface area contributed by atoms with Gasteiger partial charge in [0.1, 0.15) is 11.6 Å². The van der Waals surface area contributed by atoms with Gasteiger partial charge in [-0.2, -0.15) is 4.98 Å². The van der Waals surface area contributed by atoms with Gasteiger partial charge in [-0.1, -0.05) is 12.1 Å². The van der Waals surface area contributed by atoms with E-state index in [2.05, 4.69) is 20.6 Å². The SMILES string of the molecule is CNc1ncc(C)c(NCc2ccc(F)cc2)n1. The van der Waals surface area contributed by atoms with Crippen molar-refractivity contribution < 1.29 is 4.39 Å². The summed E-state index contributed by atoms with van der Waals surface area (Å²) >= 11 is 0. The van der Waals surface area contributed by atoms with E-state index in [9.17, 15) is 4.39 Å². The van der Waals surface area contributed by atoms with Crippen molar-refractivity contribution in [1.29, 1.82) is 0 Å². The molecule has 0 bridgehead atoms. The van der Waals surface area contributed by atoms with Gasteiger partial charge in [0.15, 0.2) is 0 Å². The number of halogens is 1. The monoisotopic (exact) mass is 246 g/mol. The molecule has 1 aromatic carbocycles. The first-order valence-electron chi connectivity index (χ1n) is 5.69. The molecule has 0 spiro atoms. The van der Waals surface area contributed by atoms with Gasteiger partial charge < -0.3 is 10.6 Å². The van der Waals surface area contributed by atoms with Crippen molar-refractivity contribution >= 4 is 11.8 Å². The number of hydrogen-bond donors (Lipinski definition) is 2. The van der Waals surface area contributed by atoms with Crippen LogP contribution in [0.1, 0.15) is 11.1 Å². The minimum absolute atomic E-state index is 0.227. The van der Waals surface area contributed by atoms with E-state index >= 15 is 0 Å². The molecule has 0 radical (unpaired) electrons. The van der Waals surface area contributed by atoms with Crippen LogP contribution in [0.25, 0.3) is 0 Å². The standard InChI is InChI=1S/C13H15FN4/c1-9-7-17-13(15-2)18-12(9)16-8-10-3-5-11(14)6-4-10/h3-7H,8H2,1-2H3,(H2,15,16,17,18). The quantitative estimate of drug-likeness (QED) is 0.870. The summed E-state index contributed by atoms with van der Waals surface area (Å²) in [7, 11) is 1.77. The minimum Gasteiger partial charge on any atom is -0.366 e. The first-order valence-corrected chi connectivity index (χ1v) is 5.69. The fourth-order valence-corrected chi connectivity index (χ4v) is 1.53. The van der Waals surface area contributed by atoms with E-state index in [0.717, 1.165) is 16.9 Å². The molecule has 0 saturated heterocycles. The Balaban J connectivity index is 2.07. The third kappa shape index (κ3) is 2.94. The van der Waals surface area contributed by atoms with Crippen LogP contribution >= 0.6 is 0 Å². The van der Waals surface area contributed by atoms with Crippen LogP contribution < -0.4 is 10.6 Å². The summed E-state index contributed by atoms with van der Waals surface area (Å²) in [6.07, 6.45) is 1.76. The largest absolute Gasteiger partial charge is 0.366 e. The second kappa shape index (κ2) is 5.44. The Kier molecular flexibility index (Phi) is 3.72. The number of anilines is 2. The Hall–Kier alpha value is -2.17. The van der Waals surface area contributed by atoms with Gasteiger partial charge in [0.05, 0.1) is 0 Å². The number of aryl methyl sites for hydroxylation is 1. The highest BCUT2D eigenvalue weighted by atomic mass is 19.1. The van der Waals surface area contributed by atoms with Crippen molar-refractivity contribution in [2.75, 3.05) is 17.7 Å². The Labute approximate surface area is 105 Å². The van der Waals surface area contributed by atoms with Crippen molar-refractivity contribution in [3.8, 4) is 0 Å². The van der Waals surface area contributed by atoms with Crippen LogP contribution in [-0.2, 0) is 6.54 Å². The van der Waals surface area contributed by atoms with Gasteiger partial charge in [0.25, 0.3) is 0 Å². The van der Waals surface area contributed by atoms with Crippen molar-refractivity contribution in [2.45, 2.75) is 13.5 Å². The highest BCUT2D eigenvalue weighted by molar-refractivity contribution is 5.46. The van der Waals surface area contributed by atoms with Crippen molar-refractivity contribution in [3.63, 3.8) is 0 Å². The zero-order valence-corrected chi connectivity index (χ0v) is 10.4. The lowest BCUT2D eigenvalue weighted by Gasteiger charge is -2.09. The molecule has 0 aliphatic carbocycles. The van der Waals surface area contributed by atoms with Gasteiger partial charge in [0, 0.05) is 25.4 Å². The second-order valence-corrected chi connectivity index (χ2v) is 3.96. The summed E-state index contributed by atoms with van der Waals surface area (Å²) in [5.74, 6) is 1.12. The Morgan fingerprint density at radius 3 is 2.61 bits per heavy atom. The lowest BCUT2D eigenvalue weighted by molar-refractivity contribution is 0.627. The molecular formula is C13H15FN4. The van der Waals surface area contributed by atoms with Crippen LogP contribution in [0.15, 0.2) is 30.5 Å². The average molecular weight is 246 g/mol. The fraction of sp³-hybridized carbons (Fsp3) is 0.231. The predicted octanol–water partition coefficient (Wildman–Crippen LogP) is 2.58. The molecular weight excluding hydrogens is 231 g/mol. The lowest BCUT2D eigenvalue weighted by atomic mass is 10.2. The molecule has 2 aromatic rings. The van der Waals surface area contributed by atoms with Crippen LogP contribution in [0, 0.1) is 12.7 Å². The second-order valence-electron chi connectivity index (χ2n) is 3.96. The summed E-state index contributed by atoms with van der Waals surface area (Å²) in [4.78, 5) is 8.43. The van der Waals surface area contributed by atoms with Gasteiger partial charge in [-0.3, -0.25) is 0 Å². The zero-order valence-electron chi connectivity index (χ0n) is 10.4. The van der Waals surface area contributed by atoms with Crippen LogP contribution in [-0.4, -0.2) is 17.0 Å². The molecule has 0 saturated carbocycles. The molecule has 1 heterocycles. The first kappa shape index (κ1) is 12.3. The summed E-state index contributed by atoms with van der Waals surface area (Å²) in [5, 5.41) is 6.10. The smallest absolute Gasteiger partial charge is 0.224 e. The summed E-state index contributed by atoms with van der Waals surface area (Å²) < 4.78 is 12.8. The van der Waals surface area contributed by atoms with Gasteiger partial charge in [-0.05, 0) is 24.6 Å². The van der Waals surface area contributed by atoms with E-state index in [1.807, 2.05) is 6.92 Å². The van der Waals surface area contributed by atoms with E-state index in [1.165, 1.54) is 12.1 Å². The molecule has 0 fully saturated rings. The van der Waals surface area contributed by atoms with Crippen molar-refractivity contribution in [3.05, 3.63) is 47.4 Å². The maximum absolute atomic E-state index is 12.8. The molecule has 4 nitrogen and oxygen atoms in total. The van der Waals surface area contributed by atoms with Crippen LogP contribution in [0.5, 0.6) is 0 Å². The van der Waals surface area contributed by atoms with Gasteiger partial charge in [-0.15, -0.1) is 0 Å². The number of aromatic nitrogens is 2. The molecule has 94 valence electrons. The molecule has 18 heavy (non-hydrogen) atoms. The molecule has 2 rings (SSSR count).